The lowest BCUT2D eigenvalue weighted by molar-refractivity contribution is -0.128. The number of nitrogens with one attached hydrogen (secondary N) is 1. The summed E-state index contributed by atoms with van der Waals surface area (Å²) in [4.78, 5) is 36.4. The summed E-state index contributed by atoms with van der Waals surface area (Å²) < 4.78 is 35.5. The van der Waals surface area contributed by atoms with Crippen molar-refractivity contribution >= 4 is 27.7 Å². The van der Waals surface area contributed by atoms with Gasteiger partial charge in [0.25, 0.3) is 15.9 Å². The number of ketones is 1. The minimum Gasteiger partial charge on any atom is -0.475 e. The van der Waals surface area contributed by atoms with Crippen LogP contribution >= 0.6 is 0 Å². The molecule has 2 aliphatic rings. The standard InChI is InChI=1S/C29H32N4O5S/c1-17(2)11-22-16-38-26-15-25(27-18(3)7-5-8-19(27)4)30-29(31-26)32-39(36,37)24-10-6-9-20(12-24)28(35)33(22)21-13-23(34)14-21/h5-10,12,15,17,21-22H,11,13-14,16H2,1-4H3,(H,30,31,32)/t22-/m1/s1. The van der Waals surface area contributed by atoms with E-state index in [4.69, 9.17) is 4.74 Å². The van der Waals surface area contributed by atoms with Crippen LogP contribution in [0, 0.1) is 19.8 Å². The van der Waals surface area contributed by atoms with Crippen molar-refractivity contribution < 1.29 is 22.7 Å². The zero-order valence-electron chi connectivity index (χ0n) is 22.5. The summed E-state index contributed by atoms with van der Waals surface area (Å²) in [6.45, 7) is 8.18. The molecule has 1 atom stereocenters. The largest absolute Gasteiger partial charge is 0.475 e. The number of aryl methyl sites for hydroxylation is 2. The van der Waals surface area contributed by atoms with Crippen molar-refractivity contribution in [3.63, 3.8) is 0 Å². The van der Waals surface area contributed by atoms with Gasteiger partial charge in [-0.25, -0.2) is 18.1 Å². The van der Waals surface area contributed by atoms with Crippen molar-refractivity contribution in [3.8, 4) is 17.1 Å². The number of anilines is 1. The van der Waals surface area contributed by atoms with E-state index in [1.807, 2.05) is 32.0 Å². The molecule has 10 heteroatoms. The van der Waals surface area contributed by atoms with Crippen LogP contribution < -0.4 is 9.46 Å². The van der Waals surface area contributed by atoms with Gasteiger partial charge in [0.15, 0.2) is 0 Å². The van der Waals surface area contributed by atoms with Crippen LogP contribution in [0.1, 0.15) is 54.6 Å². The molecule has 39 heavy (non-hydrogen) atoms. The van der Waals surface area contributed by atoms with Gasteiger partial charge in [-0.05, 0) is 55.5 Å². The summed E-state index contributed by atoms with van der Waals surface area (Å²) in [6, 6.07) is 12.9. The lowest BCUT2D eigenvalue weighted by Gasteiger charge is -2.42. The molecule has 204 valence electrons. The third-order valence-corrected chi connectivity index (χ3v) is 8.50. The molecule has 1 aliphatic heterocycles. The fraction of sp³-hybridized carbons (Fsp3) is 0.379. The second kappa shape index (κ2) is 10.4. The van der Waals surface area contributed by atoms with Gasteiger partial charge in [0.2, 0.25) is 11.8 Å². The van der Waals surface area contributed by atoms with E-state index in [1.54, 1.807) is 23.1 Å². The van der Waals surface area contributed by atoms with E-state index in [0.717, 1.165) is 16.7 Å². The smallest absolute Gasteiger partial charge is 0.264 e. The number of Topliss-reactive ketones (excluding diaryl/α,β-unsaturated/α-hetero) is 1. The summed E-state index contributed by atoms with van der Waals surface area (Å²) in [5, 5.41) is 0. The van der Waals surface area contributed by atoms with E-state index < -0.39 is 10.0 Å². The zero-order chi connectivity index (χ0) is 27.9. The highest BCUT2D eigenvalue weighted by molar-refractivity contribution is 7.92. The second-order valence-corrected chi connectivity index (χ2v) is 12.4. The van der Waals surface area contributed by atoms with Crippen LogP contribution in [-0.4, -0.2) is 53.7 Å². The van der Waals surface area contributed by atoms with Crippen molar-refractivity contribution in [2.75, 3.05) is 11.3 Å². The van der Waals surface area contributed by atoms with Crippen LogP contribution in [0.4, 0.5) is 5.95 Å². The Labute approximate surface area is 228 Å². The van der Waals surface area contributed by atoms with Gasteiger partial charge in [0.05, 0.1) is 16.6 Å². The summed E-state index contributed by atoms with van der Waals surface area (Å²) in [5.41, 5.74) is 3.57. The number of nitrogens with zero attached hydrogens (tertiary/aromatic N) is 3. The Morgan fingerprint density at radius 3 is 2.38 bits per heavy atom. The highest BCUT2D eigenvalue weighted by Crippen LogP contribution is 2.32. The van der Waals surface area contributed by atoms with Gasteiger partial charge in [-0.15, -0.1) is 0 Å². The van der Waals surface area contributed by atoms with E-state index in [2.05, 4.69) is 28.5 Å². The van der Waals surface area contributed by atoms with E-state index in [0.29, 0.717) is 12.1 Å². The average molecular weight is 549 g/mol. The van der Waals surface area contributed by atoms with Gasteiger partial charge in [-0.2, -0.15) is 4.98 Å². The molecule has 2 heterocycles. The van der Waals surface area contributed by atoms with Gasteiger partial charge >= 0.3 is 0 Å². The molecule has 0 radical (unpaired) electrons. The molecule has 1 fully saturated rings. The summed E-state index contributed by atoms with van der Waals surface area (Å²) in [7, 11) is -4.13. The Balaban J connectivity index is 1.67. The first-order valence-electron chi connectivity index (χ1n) is 13.1. The van der Waals surface area contributed by atoms with Crippen molar-refractivity contribution in [1.29, 1.82) is 0 Å². The number of amides is 1. The molecule has 1 aromatic heterocycles. The van der Waals surface area contributed by atoms with Gasteiger partial charge in [0.1, 0.15) is 12.4 Å². The minimum atomic E-state index is -4.13. The number of ether oxygens (including phenoxy) is 1. The molecule has 0 saturated heterocycles. The average Bonchev–Trinajstić information content (AvgIpc) is 2.85. The molecule has 1 N–H and O–H groups in total. The number of benzene rings is 2. The van der Waals surface area contributed by atoms with E-state index in [1.165, 1.54) is 12.1 Å². The first-order valence-corrected chi connectivity index (χ1v) is 14.6. The Morgan fingerprint density at radius 2 is 1.72 bits per heavy atom. The predicted molar refractivity (Wildman–Crippen MR) is 147 cm³/mol. The van der Waals surface area contributed by atoms with Crippen molar-refractivity contribution in [2.45, 2.75) is 63.9 Å². The van der Waals surface area contributed by atoms with E-state index in [-0.39, 0.29) is 71.4 Å². The third kappa shape index (κ3) is 5.52. The highest BCUT2D eigenvalue weighted by atomic mass is 32.2. The minimum absolute atomic E-state index is 0.0822. The molecule has 1 amide bonds. The second-order valence-electron chi connectivity index (χ2n) is 10.7. The van der Waals surface area contributed by atoms with Crippen molar-refractivity contribution in [3.05, 3.63) is 65.2 Å². The topological polar surface area (TPSA) is 119 Å². The van der Waals surface area contributed by atoms with Crippen LogP contribution in [-0.2, 0) is 14.8 Å². The molecule has 3 aromatic rings. The van der Waals surface area contributed by atoms with E-state index in [9.17, 15) is 18.0 Å². The van der Waals surface area contributed by atoms with Crippen LogP contribution in [0.25, 0.3) is 11.3 Å². The van der Waals surface area contributed by atoms with Crippen LogP contribution in [0.5, 0.6) is 5.88 Å². The van der Waals surface area contributed by atoms with Gasteiger partial charge < -0.3 is 9.64 Å². The maximum atomic E-state index is 13.9. The Kier molecular flexibility index (Phi) is 7.15. The molecular formula is C29H32N4O5S. The van der Waals surface area contributed by atoms with Crippen LogP contribution in [0.15, 0.2) is 53.4 Å². The lowest BCUT2D eigenvalue weighted by atomic mass is 9.87. The lowest BCUT2D eigenvalue weighted by Crippen LogP contribution is -2.55. The molecule has 0 unspecified atom stereocenters. The first kappa shape index (κ1) is 26.8. The molecular weight excluding hydrogens is 516 g/mol. The number of fused-ring (bicyclic) bond motifs is 4. The first-order chi connectivity index (χ1) is 18.5. The van der Waals surface area contributed by atoms with Gasteiger partial charge in [0, 0.05) is 36.1 Å². The number of hydrogen-bond acceptors (Lipinski definition) is 7. The van der Waals surface area contributed by atoms with Gasteiger partial charge in [-0.1, -0.05) is 38.1 Å². The van der Waals surface area contributed by atoms with Crippen molar-refractivity contribution in [1.82, 2.24) is 14.9 Å². The summed E-state index contributed by atoms with van der Waals surface area (Å²) in [6.07, 6.45) is 1.18. The Hall–Kier alpha value is -3.79. The molecule has 2 aromatic carbocycles. The number of rotatable bonds is 4. The van der Waals surface area contributed by atoms with Crippen molar-refractivity contribution in [2.24, 2.45) is 5.92 Å². The summed E-state index contributed by atoms with van der Waals surface area (Å²) >= 11 is 0. The highest BCUT2D eigenvalue weighted by Gasteiger charge is 2.40. The number of hydrogen-bond donors (Lipinski definition) is 1. The maximum Gasteiger partial charge on any atom is 0.264 e. The predicted octanol–water partition coefficient (Wildman–Crippen LogP) is 4.54. The number of carbonyl (C=O) groups excluding carboxylic acids is 2. The summed E-state index contributed by atoms with van der Waals surface area (Å²) in [5.74, 6) is 0.0752. The molecule has 5 rings (SSSR count). The number of sulfonamides is 1. The third-order valence-electron chi connectivity index (χ3n) is 7.17. The van der Waals surface area contributed by atoms with E-state index >= 15 is 0 Å². The Bertz CT molecular complexity index is 1520. The number of aromatic nitrogens is 2. The fourth-order valence-electron chi connectivity index (χ4n) is 5.30. The molecule has 0 spiro atoms. The molecule has 1 saturated carbocycles. The molecule has 4 bridgehead atoms. The van der Waals surface area contributed by atoms with Gasteiger partial charge in [-0.3, -0.25) is 9.59 Å². The fourth-order valence-corrected chi connectivity index (χ4v) is 6.28. The van der Waals surface area contributed by atoms with Crippen LogP contribution in [0.3, 0.4) is 0 Å². The Morgan fingerprint density at radius 1 is 1.03 bits per heavy atom. The SMILES string of the molecule is Cc1cccc(C)c1-c1cc2nc(n1)NS(=O)(=O)c1cccc(c1)C(=O)N(C1CC(=O)C1)[C@H](CC(C)C)CO2. The zero-order valence-corrected chi connectivity index (χ0v) is 23.3. The monoisotopic (exact) mass is 548 g/mol. The maximum absolute atomic E-state index is 13.9. The van der Waals surface area contributed by atoms with Crippen LogP contribution in [0.2, 0.25) is 0 Å². The molecule has 9 nitrogen and oxygen atoms in total. The quantitative estimate of drug-likeness (QED) is 0.508. The molecule has 1 aliphatic carbocycles. The number of carbonyl (C=O) groups is 2. The normalized spacial score (nSPS) is 19.3.